The normalized spacial score (nSPS) is 11.8. The first-order valence-corrected chi connectivity index (χ1v) is 6.69. The van der Waals surface area contributed by atoms with Crippen LogP contribution in [0, 0.1) is 0 Å². The largest absolute Gasteiger partial charge is 0.397 e. The van der Waals surface area contributed by atoms with Crippen LogP contribution in [0.3, 0.4) is 0 Å². The van der Waals surface area contributed by atoms with E-state index in [9.17, 15) is 4.21 Å². The van der Waals surface area contributed by atoms with Gasteiger partial charge in [0.2, 0.25) is 0 Å². The van der Waals surface area contributed by atoms with Gasteiger partial charge < -0.3 is 17.2 Å². The van der Waals surface area contributed by atoms with Gasteiger partial charge in [0.05, 0.1) is 22.2 Å². The molecule has 0 aromatic heterocycles. The summed E-state index contributed by atoms with van der Waals surface area (Å²) in [6.07, 6.45) is 0. The number of nitrogens with two attached hydrogens (primary N) is 3. The fourth-order valence-electron chi connectivity index (χ4n) is 1.55. The Labute approximate surface area is 113 Å². The van der Waals surface area contributed by atoms with Crippen molar-refractivity contribution in [1.82, 2.24) is 0 Å². The van der Waals surface area contributed by atoms with E-state index in [-0.39, 0.29) is 5.96 Å². The van der Waals surface area contributed by atoms with Crippen LogP contribution in [0.1, 0.15) is 0 Å². The van der Waals surface area contributed by atoms with Crippen LogP contribution in [0.4, 0.5) is 11.4 Å². The molecule has 2 aromatic carbocycles. The SMILES string of the molecule is NC(N)=Nc1cc(S(=O)c2ccccc2)ccc1N. The molecule has 0 spiro atoms. The molecule has 0 heterocycles. The summed E-state index contributed by atoms with van der Waals surface area (Å²) in [6, 6.07) is 14.1. The van der Waals surface area contributed by atoms with Crippen LogP contribution in [0.25, 0.3) is 0 Å². The van der Waals surface area contributed by atoms with Gasteiger partial charge in [0.25, 0.3) is 0 Å². The number of nitrogen functional groups attached to an aromatic ring is 1. The molecule has 0 fully saturated rings. The molecule has 0 amide bonds. The third-order valence-electron chi connectivity index (χ3n) is 2.42. The highest BCUT2D eigenvalue weighted by Crippen LogP contribution is 2.26. The van der Waals surface area contributed by atoms with Gasteiger partial charge in [0, 0.05) is 9.79 Å². The molecule has 0 radical (unpaired) electrons. The zero-order valence-corrected chi connectivity index (χ0v) is 10.9. The molecule has 0 saturated carbocycles. The maximum Gasteiger partial charge on any atom is 0.191 e. The van der Waals surface area contributed by atoms with Gasteiger partial charge in [0.1, 0.15) is 0 Å². The fraction of sp³-hybridized carbons (Fsp3) is 0. The van der Waals surface area contributed by atoms with E-state index in [0.29, 0.717) is 21.2 Å². The van der Waals surface area contributed by atoms with Gasteiger partial charge >= 0.3 is 0 Å². The number of hydrogen-bond acceptors (Lipinski definition) is 3. The molecule has 0 bridgehead atoms. The van der Waals surface area contributed by atoms with E-state index in [2.05, 4.69) is 4.99 Å². The minimum Gasteiger partial charge on any atom is -0.397 e. The Bertz CT molecular complexity index is 636. The molecular weight excluding hydrogens is 260 g/mol. The van der Waals surface area contributed by atoms with Crippen LogP contribution in [-0.2, 0) is 10.8 Å². The van der Waals surface area contributed by atoms with Crippen molar-refractivity contribution in [2.45, 2.75) is 9.79 Å². The quantitative estimate of drug-likeness (QED) is 0.446. The first-order valence-electron chi connectivity index (χ1n) is 5.54. The van der Waals surface area contributed by atoms with Crippen molar-refractivity contribution in [3.63, 3.8) is 0 Å². The first kappa shape index (κ1) is 13.1. The van der Waals surface area contributed by atoms with Gasteiger partial charge in [0.15, 0.2) is 5.96 Å². The number of rotatable bonds is 3. The lowest BCUT2D eigenvalue weighted by molar-refractivity contribution is 0.683. The molecule has 1 unspecified atom stereocenters. The fourth-order valence-corrected chi connectivity index (χ4v) is 2.64. The Morgan fingerprint density at radius 2 is 1.68 bits per heavy atom. The van der Waals surface area contributed by atoms with Crippen molar-refractivity contribution >= 4 is 28.1 Å². The van der Waals surface area contributed by atoms with Crippen LogP contribution in [0.5, 0.6) is 0 Å². The summed E-state index contributed by atoms with van der Waals surface area (Å²) >= 11 is 0. The van der Waals surface area contributed by atoms with Gasteiger partial charge in [-0.05, 0) is 30.3 Å². The molecule has 98 valence electrons. The second kappa shape index (κ2) is 5.53. The van der Waals surface area contributed by atoms with E-state index < -0.39 is 10.8 Å². The van der Waals surface area contributed by atoms with E-state index in [1.165, 1.54) is 0 Å². The summed E-state index contributed by atoms with van der Waals surface area (Å²) in [5.74, 6) is -0.0886. The molecule has 0 aliphatic heterocycles. The lowest BCUT2D eigenvalue weighted by Crippen LogP contribution is -2.22. The van der Waals surface area contributed by atoms with Crippen molar-refractivity contribution in [2.24, 2.45) is 16.5 Å². The minimum absolute atomic E-state index is 0.0886. The topological polar surface area (TPSA) is 107 Å². The number of aliphatic imine (C=N–C) groups is 1. The van der Waals surface area contributed by atoms with Crippen LogP contribution in [0.15, 0.2) is 63.3 Å². The third kappa shape index (κ3) is 3.11. The van der Waals surface area contributed by atoms with Gasteiger partial charge in [-0.2, -0.15) is 0 Å². The zero-order valence-electron chi connectivity index (χ0n) is 10.1. The highest BCUT2D eigenvalue weighted by molar-refractivity contribution is 7.85. The number of benzene rings is 2. The third-order valence-corrected chi connectivity index (χ3v) is 3.81. The maximum atomic E-state index is 12.4. The predicted octanol–water partition coefficient (Wildman–Crippen LogP) is 1.34. The molecule has 0 aliphatic rings. The number of guanidine groups is 1. The van der Waals surface area contributed by atoms with E-state index >= 15 is 0 Å². The van der Waals surface area contributed by atoms with Crippen molar-refractivity contribution < 1.29 is 4.21 Å². The maximum absolute atomic E-state index is 12.4. The smallest absolute Gasteiger partial charge is 0.191 e. The second-order valence-corrected chi connectivity index (χ2v) is 5.32. The Balaban J connectivity index is 2.42. The van der Waals surface area contributed by atoms with Gasteiger partial charge in [-0.15, -0.1) is 0 Å². The summed E-state index contributed by atoms with van der Waals surface area (Å²) in [7, 11) is -1.29. The molecule has 0 saturated heterocycles. The number of anilines is 1. The summed E-state index contributed by atoms with van der Waals surface area (Å²) in [5.41, 5.74) is 17.3. The molecule has 1 atom stereocenters. The van der Waals surface area contributed by atoms with Gasteiger partial charge in [-0.3, -0.25) is 0 Å². The average molecular weight is 274 g/mol. The second-order valence-electron chi connectivity index (χ2n) is 3.84. The highest BCUT2D eigenvalue weighted by Gasteiger charge is 2.09. The van der Waals surface area contributed by atoms with Crippen molar-refractivity contribution in [1.29, 1.82) is 0 Å². The van der Waals surface area contributed by atoms with E-state index in [0.717, 1.165) is 0 Å². The predicted molar refractivity (Wildman–Crippen MR) is 77.4 cm³/mol. The standard InChI is InChI=1S/C13H14N4OS/c14-11-7-6-10(8-12(11)17-13(15)16)19(18)9-4-2-1-3-5-9/h1-8H,14H2,(H4,15,16,17). The summed E-state index contributed by atoms with van der Waals surface area (Å²) in [6.45, 7) is 0. The van der Waals surface area contributed by atoms with Crippen LogP contribution in [0.2, 0.25) is 0 Å². The lowest BCUT2D eigenvalue weighted by atomic mass is 10.3. The Morgan fingerprint density at radius 3 is 2.32 bits per heavy atom. The molecule has 19 heavy (non-hydrogen) atoms. The lowest BCUT2D eigenvalue weighted by Gasteiger charge is -2.06. The van der Waals surface area contributed by atoms with Crippen LogP contribution < -0.4 is 17.2 Å². The molecule has 0 aliphatic carbocycles. The summed E-state index contributed by atoms with van der Waals surface area (Å²) < 4.78 is 12.4. The Hall–Kier alpha value is -2.34. The molecule has 6 heteroatoms. The first-order chi connectivity index (χ1) is 9.08. The molecule has 2 rings (SSSR count). The monoisotopic (exact) mass is 274 g/mol. The number of nitrogens with zero attached hydrogens (tertiary/aromatic N) is 1. The van der Waals surface area contributed by atoms with E-state index in [1.807, 2.05) is 18.2 Å². The number of hydrogen-bond donors (Lipinski definition) is 3. The van der Waals surface area contributed by atoms with Gasteiger partial charge in [-0.25, -0.2) is 9.20 Å². The summed E-state index contributed by atoms with van der Waals surface area (Å²) in [4.78, 5) is 5.22. The molecular formula is C13H14N4OS. The Kier molecular flexibility index (Phi) is 3.82. The molecule has 2 aromatic rings. The van der Waals surface area contributed by atoms with Crippen LogP contribution in [-0.4, -0.2) is 10.2 Å². The van der Waals surface area contributed by atoms with E-state index in [1.54, 1.807) is 30.3 Å². The summed E-state index contributed by atoms with van der Waals surface area (Å²) in [5, 5.41) is 0. The van der Waals surface area contributed by atoms with Crippen molar-refractivity contribution in [3.8, 4) is 0 Å². The van der Waals surface area contributed by atoms with Crippen molar-refractivity contribution in [2.75, 3.05) is 5.73 Å². The molecule has 5 nitrogen and oxygen atoms in total. The molecule has 6 N–H and O–H groups in total. The van der Waals surface area contributed by atoms with Gasteiger partial charge in [-0.1, -0.05) is 18.2 Å². The zero-order chi connectivity index (χ0) is 13.8. The van der Waals surface area contributed by atoms with E-state index in [4.69, 9.17) is 17.2 Å². The highest BCUT2D eigenvalue weighted by atomic mass is 32.2. The Morgan fingerprint density at radius 1 is 1.00 bits per heavy atom. The van der Waals surface area contributed by atoms with Crippen LogP contribution >= 0.6 is 0 Å². The van der Waals surface area contributed by atoms with Crippen molar-refractivity contribution in [3.05, 3.63) is 48.5 Å². The average Bonchev–Trinajstić information content (AvgIpc) is 2.41. The minimum atomic E-state index is -1.29.